The molecule has 8 nitrogen and oxygen atoms in total. The molecule has 0 aliphatic heterocycles. The highest BCUT2D eigenvalue weighted by molar-refractivity contribution is 5.95. The molecule has 2 aliphatic rings. The van der Waals surface area contributed by atoms with Crippen molar-refractivity contribution in [2.75, 3.05) is 0 Å². The van der Waals surface area contributed by atoms with Crippen molar-refractivity contribution in [2.24, 2.45) is 31.7 Å². The number of nitrogens with one attached hydrogen (secondary N) is 1. The normalized spacial score (nSPS) is 27.0. The van der Waals surface area contributed by atoms with Gasteiger partial charge < -0.3 is 11.1 Å². The van der Waals surface area contributed by atoms with Crippen LogP contribution in [0.1, 0.15) is 48.2 Å². The Morgan fingerprint density at radius 2 is 1.82 bits per heavy atom. The molecule has 2 atom stereocenters. The molecule has 0 saturated heterocycles. The molecule has 2 bridgehead atoms. The number of hydrogen-bond acceptors (Lipinski definition) is 5. The molecule has 8 heteroatoms. The van der Waals surface area contributed by atoms with Crippen molar-refractivity contribution in [3.8, 4) is 0 Å². The van der Waals surface area contributed by atoms with E-state index in [1.807, 2.05) is 0 Å². The molecular weight excluding hydrogens is 358 g/mol. The largest absolute Gasteiger partial charge is 0.347 e. The van der Waals surface area contributed by atoms with Gasteiger partial charge in [-0.05, 0) is 56.1 Å². The Bertz CT molecular complexity index is 1060. The Morgan fingerprint density at radius 1 is 1.18 bits per heavy atom. The molecule has 3 N–H and O–H groups in total. The number of carbonyl (C=O) groups is 1. The second-order valence-electron chi connectivity index (χ2n) is 8.41. The third-order valence-electron chi connectivity index (χ3n) is 6.51. The van der Waals surface area contributed by atoms with Crippen LogP contribution in [0, 0.1) is 18.8 Å². The number of rotatable bonds is 2. The zero-order valence-corrected chi connectivity index (χ0v) is 16.6. The van der Waals surface area contributed by atoms with Crippen molar-refractivity contribution in [3.05, 3.63) is 38.2 Å². The lowest BCUT2D eigenvalue weighted by Crippen LogP contribution is -2.53. The number of nitrogens with zero attached hydrogens (tertiary/aromatic N) is 3. The summed E-state index contributed by atoms with van der Waals surface area (Å²) in [4.78, 5) is 42.1. The zero-order valence-electron chi connectivity index (χ0n) is 16.6. The third kappa shape index (κ3) is 2.96. The molecule has 4 rings (SSSR count). The number of carbonyl (C=O) groups excluding carboxylic acids is 1. The summed E-state index contributed by atoms with van der Waals surface area (Å²) in [5.74, 6) is 0.560. The highest BCUT2D eigenvalue weighted by Gasteiger charge is 2.40. The number of aryl methyl sites for hydroxylation is 2. The molecule has 2 aromatic rings. The molecule has 2 unspecified atom stereocenters. The summed E-state index contributed by atoms with van der Waals surface area (Å²) in [6.07, 6.45) is 5.24. The lowest BCUT2D eigenvalue weighted by molar-refractivity contribution is 0.0752. The van der Waals surface area contributed by atoms with Crippen LogP contribution in [0.25, 0.3) is 11.0 Å². The molecule has 0 spiro atoms. The van der Waals surface area contributed by atoms with E-state index in [0.29, 0.717) is 22.8 Å². The summed E-state index contributed by atoms with van der Waals surface area (Å²) < 4.78 is 2.37. The first-order chi connectivity index (χ1) is 13.3. The van der Waals surface area contributed by atoms with Gasteiger partial charge >= 0.3 is 5.69 Å². The maximum Gasteiger partial charge on any atom is 0.332 e. The van der Waals surface area contributed by atoms with E-state index in [-0.39, 0.29) is 29.3 Å². The van der Waals surface area contributed by atoms with E-state index in [4.69, 9.17) is 5.73 Å². The minimum Gasteiger partial charge on any atom is -0.347 e. The predicted octanol–water partition coefficient (Wildman–Crippen LogP) is 0.576. The number of hydrogen-bond donors (Lipinski definition) is 2. The third-order valence-corrected chi connectivity index (χ3v) is 6.51. The number of fused-ring (bicyclic) bond motifs is 3. The monoisotopic (exact) mass is 385 g/mol. The molecule has 2 fully saturated rings. The molecule has 150 valence electrons. The van der Waals surface area contributed by atoms with Crippen LogP contribution in [0.5, 0.6) is 0 Å². The standard InChI is InChI=1S/C20H27N5O3/c1-10-7-14(22-17-15(10)19(27)25(3)20(28)24(17)2)18(26)23-16-11-5-4-6-12(16)9-13(21)8-11/h7,11-13,16H,4-6,8-9,21H2,1-3H3,(H,23,26). The van der Waals surface area contributed by atoms with Gasteiger partial charge in [0.25, 0.3) is 11.5 Å². The minimum absolute atomic E-state index is 0.117. The van der Waals surface area contributed by atoms with E-state index in [0.717, 1.165) is 30.3 Å². The summed E-state index contributed by atoms with van der Waals surface area (Å²) in [5.41, 5.74) is 6.44. The van der Waals surface area contributed by atoms with Gasteiger partial charge in [-0.1, -0.05) is 6.42 Å². The fraction of sp³-hybridized carbons (Fsp3) is 0.600. The summed E-state index contributed by atoms with van der Waals surface area (Å²) in [5, 5.41) is 3.54. The molecule has 2 heterocycles. The van der Waals surface area contributed by atoms with E-state index in [1.54, 1.807) is 20.0 Å². The highest BCUT2D eigenvalue weighted by Crippen LogP contribution is 2.39. The maximum atomic E-state index is 13.0. The van der Waals surface area contributed by atoms with Gasteiger partial charge in [0.15, 0.2) is 0 Å². The number of amides is 1. The van der Waals surface area contributed by atoms with Crippen molar-refractivity contribution < 1.29 is 4.79 Å². The van der Waals surface area contributed by atoms with Crippen LogP contribution in [0.3, 0.4) is 0 Å². The molecule has 28 heavy (non-hydrogen) atoms. The Kier molecular flexibility index (Phi) is 4.61. The van der Waals surface area contributed by atoms with Crippen LogP contribution in [0.2, 0.25) is 0 Å². The van der Waals surface area contributed by atoms with Crippen LogP contribution < -0.4 is 22.3 Å². The van der Waals surface area contributed by atoms with E-state index in [1.165, 1.54) is 18.0 Å². The lowest BCUT2D eigenvalue weighted by atomic mass is 9.67. The summed E-state index contributed by atoms with van der Waals surface area (Å²) >= 11 is 0. The Balaban J connectivity index is 1.71. The van der Waals surface area contributed by atoms with Crippen LogP contribution in [-0.2, 0) is 14.1 Å². The fourth-order valence-corrected chi connectivity index (χ4v) is 5.10. The van der Waals surface area contributed by atoms with Crippen LogP contribution in [0.15, 0.2) is 15.7 Å². The molecule has 2 aliphatic carbocycles. The average molecular weight is 385 g/mol. The van der Waals surface area contributed by atoms with Gasteiger partial charge in [0.1, 0.15) is 11.3 Å². The first-order valence-corrected chi connectivity index (χ1v) is 9.91. The molecular formula is C20H27N5O3. The Hall–Kier alpha value is -2.48. The lowest BCUT2D eigenvalue weighted by Gasteiger charge is -2.45. The minimum atomic E-state index is -0.460. The predicted molar refractivity (Wildman–Crippen MR) is 106 cm³/mol. The van der Waals surface area contributed by atoms with Gasteiger partial charge in [-0.15, -0.1) is 0 Å². The highest BCUT2D eigenvalue weighted by atomic mass is 16.2. The van der Waals surface area contributed by atoms with E-state index in [2.05, 4.69) is 10.3 Å². The molecule has 2 aromatic heterocycles. The first-order valence-electron chi connectivity index (χ1n) is 9.91. The van der Waals surface area contributed by atoms with Gasteiger partial charge in [0.2, 0.25) is 0 Å². The summed E-state index contributed by atoms with van der Waals surface area (Å²) in [7, 11) is 3.00. The first kappa shape index (κ1) is 18.9. The molecule has 2 saturated carbocycles. The van der Waals surface area contributed by atoms with Crippen molar-refractivity contribution in [2.45, 2.75) is 51.1 Å². The molecule has 1 amide bonds. The van der Waals surface area contributed by atoms with Gasteiger partial charge in [-0.2, -0.15) is 0 Å². The molecule has 0 aromatic carbocycles. The summed E-state index contributed by atoms with van der Waals surface area (Å²) in [6, 6.07) is 1.97. The second kappa shape index (κ2) is 6.84. The Labute approximate surface area is 162 Å². The van der Waals surface area contributed by atoms with E-state index >= 15 is 0 Å². The average Bonchev–Trinajstić information content (AvgIpc) is 2.64. The van der Waals surface area contributed by atoms with Crippen molar-refractivity contribution >= 4 is 16.9 Å². The Morgan fingerprint density at radius 3 is 2.46 bits per heavy atom. The van der Waals surface area contributed by atoms with E-state index in [9.17, 15) is 14.4 Å². The van der Waals surface area contributed by atoms with Crippen LogP contribution >= 0.6 is 0 Å². The van der Waals surface area contributed by atoms with Crippen LogP contribution in [-0.4, -0.2) is 32.1 Å². The van der Waals surface area contributed by atoms with Gasteiger partial charge in [0, 0.05) is 26.2 Å². The number of aromatic nitrogens is 3. The van der Waals surface area contributed by atoms with Crippen molar-refractivity contribution in [1.82, 2.24) is 19.4 Å². The maximum absolute atomic E-state index is 13.0. The number of pyridine rings is 1. The quantitative estimate of drug-likeness (QED) is 0.785. The van der Waals surface area contributed by atoms with Gasteiger partial charge in [-0.3, -0.25) is 18.7 Å². The molecule has 0 radical (unpaired) electrons. The van der Waals surface area contributed by atoms with Crippen molar-refractivity contribution in [1.29, 1.82) is 0 Å². The zero-order chi connectivity index (χ0) is 20.2. The smallest absolute Gasteiger partial charge is 0.332 e. The van der Waals surface area contributed by atoms with Gasteiger partial charge in [0.05, 0.1) is 5.39 Å². The van der Waals surface area contributed by atoms with E-state index < -0.39 is 11.2 Å². The van der Waals surface area contributed by atoms with Crippen molar-refractivity contribution in [3.63, 3.8) is 0 Å². The second-order valence-corrected chi connectivity index (χ2v) is 8.41. The SMILES string of the molecule is Cc1cc(C(=O)NC2C3CCCC2CC(N)C3)nc2c1c(=O)n(C)c(=O)n2C. The fourth-order valence-electron chi connectivity index (χ4n) is 5.10. The van der Waals surface area contributed by atoms with Gasteiger partial charge in [-0.25, -0.2) is 9.78 Å². The summed E-state index contributed by atoms with van der Waals surface area (Å²) in [6.45, 7) is 1.76. The number of nitrogens with two attached hydrogens (primary N) is 1. The van der Waals surface area contributed by atoms with Crippen LogP contribution in [0.4, 0.5) is 0 Å². The topological polar surface area (TPSA) is 112 Å².